The lowest BCUT2D eigenvalue weighted by Gasteiger charge is -2.38. The van der Waals surface area contributed by atoms with E-state index in [0.29, 0.717) is 116 Å². The SMILES string of the molecule is CCC(=O)NC(COCCC(=O)CCCCCC(=O)CCCCOC1OC(C)C(O)C(O)C1O)(COCCC(=O)CCCCCC(=O)CCCCOC1OC(C)C(O)C(O)C1O)COCCC(=O)NCCCNC(=O)CCCCOC1OC(C)C(O)C(O)C1O. The Morgan fingerprint density at radius 2 is 0.644 bits per heavy atom. The minimum absolute atomic E-state index is 0.0247. The van der Waals surface area contributed by atoms with Gasteiger partial charge in [0.2, 0.25) is 17.7 Å². The maximum Gasteiger partial charge on any atom is 0.222 e. The number of unbranched alkanes of at least 4 members (excludes halogenated alkanes) is 7. The summed E-state index contributed by atoms with van der Waals surface area (Å²) >= 11 is 0. The van der Waals surface area contributed by atoms with Crippen LogP contribution in [-0.2, 0) is 76.2 Å². The van der Waals surface area contributed by atoms with E-state index in [2.05, 4.69) is 16.0 Å². The third kappa shape index (κ3) is 32.0. The number of aliphatic hydroxyl groups excluding tert-OH is 9. The Kier molecular flexibility index (Phi) is 40.9. The van der Waals surface area contributed by atoms with Gasteiger partial charge in [0.25, 0.3) is 0 Å². The molecule has 0 aromatic carbocycles. The van der Waals surface area contributed by atoms with Crippen LogP contribution in [0.4, 0.5) is 0 Å². The molecule has 90 heavy (non-hydrogen) atoms. The van der Waals surface area contributed by atoms with Crippen LogP contribution >= 0.6 is 0 Å². The molecule has 28 heteroatoms. The van der Waals surface area contributed by atoms with Crippen LogP contribution in [0.1, 0.15) is 182 Å². The van der Waals surface area contributed by atoms with E-state index in [-0.39, 0.29) is 152 Å². The second kappa shape index (κ2) is 45.7. The van der Waals surface area contributed by atoms with Crippen molar-refractivity contribution >= 4 is 40.9 Å². The molecular formula is C62H109N3O25. The molecule has 0 spiro atoms. The predicted molar refractivity (Wildman–Crippen MR) is 321 cm³/mol. The first kappa shape index (κ1) is 80.6. The summed E-state index contributed by atoms with van der Waals surface area (Å²) in [4.78, 5) is 88.9. The second-order valence-electron chi connectivity index (χ2n) is 23.9. The van der Waals surface area contributed by atoms with Gasteiger partial charge in [-0.2, -0.15) is 0 Å². The second-order valence-corrected chi connectivity index (χ2v) is 23.9. The van der Waals surface area contributed by atoms with Gasteiger partial charge in [-0.1, -0.05) is 19.8 Å². The first-order valence-electron chi connectivity index (χ1n) is 32.6. The van der Waals surface area contributed by atoms with E-state index in [1.54, 1.807) is 27.7 Å². The number of carbonyl (C=O) groups is 7. The highest BCUT2D eigenvalue weighted by molar-refractivity contribution is 5.80. The third-order valence-electron chi connectivity index (χ3n) is 16.0. The molecule has 3 rings (SSSR count). The number of ketones is 4. The fourth-order valence-electron chi connectivity index (χ4n) is 10.1. The van der Waals surface area contributed by atoms with Gasteiger partial charge < -0.3 is 105 Å². The number of aliphatic hydroxyl groups is 9. The fraction of sp³-hybridized carbons (Fsp3) is 0.887. The van der Waals surface area contributed by atoms with Crippen molar-refractivity contribution in [1.29, 1.82) is 0 Å². The molecule has 15 atom stereocenters. The summed E-state index contributed by atoms with van der Waals surface area (Å²) in [6.45, 7) is 7.15. The molecule has 3 saturated heterocycles. The third-order valence-corrected chi connectivity index (χ3v) is 16.0. The van der Waals surface area contributed by atoms with E-state index in [1.165, 1.54) is 0 Å². The van der Waals surface area contributed by atoms with Crippen molar-refractivity contribution in [3.8, 4) is 0 Å². The summed E-state index contributed by atoms with van der Waals surface area (Å²) in [7, 11) is 0. The Morgan fingerprint density at radius 3 is 0.989 bits per heavy atom. The van der Waals surface area contributed by atoms with Gasteiger partial charge >= 0.3 is 0 Å². The number of amides is 3. The molecule has 3 amide bonds. The summed E-state index contributed by atoms with van der Waals surface area (Å²) in [5, 5.41) is 98.2. The van der Waals surface area contributed by atoms with E-state index in [4.69, 9.17) is 42.6 Å². The highest BCUT2D eigenvalue weighted by atomic mass is 16.7. The lowest BCUT2D eigenvalue weighted by atomic mass is 10.00. The van der Waals surface area contributed by atoms with Crippen molar-refractivity contribution in [2.45, 2.75) is 279 Å². The van der Waals surface area contributed by atoms with Crippen LogP contribution in [0.15, 0.2) is 0 Å². The van der Waals surface area contributed by atoms with Crippen molar-refractivity contribution < 1.29 is 122 Å². The summed E-state index contributed by atoms with van der Waals surface area (Å²) in [5.41, 5.74) is -1.27. The highest BCUT2D eigenvalue weighted by Crippen LogP contribution is 2.25. The van der Waals surface area contributed by atoms with Crippen molar-refractivity contribution in [1.82, 2.24) is 16.0 Å². The normalized spacial score (nSPS) is 27.6. The van der Waals surface area contributed by atoms with Gasteiger partial charge in [-0.15, -0.1) is 0 Å². The molecule has 3 heterocycles. The molecule has 0 radical (unpaired) electrons. The van der Waals surface area contributed by atoms with Crippen LogP contribution < -0.4 is 16.0 Å². The molecule has 522 valence electrons. The number of carbonyl (C=O) groups excluding carboxylic acids is 7. The first-order chi connectivity index (χ1) is 43.0. The molecule has 12 N–H and O–H groups in total. The summed E-state index contributed by atoms with van der Waals surface area (Å²) in [6.07, 6.45) is -7.59. The van der Waals surface area contributed by atoms with E-state index < -0.39 is 97.7 Å². The van der Waals surface area contributed by atoms with Crippen LogP contribution in [0.5, 0.6) is 0 Å². The van der Waals surface area contributed by atoms with Gasteiger partial charge in [0.05, 0.1) is 58.0 Å². The van der Waals surface area contributed by atoms with Crippen LogP contribution in [0.2, 0.25) is 0 Å². The monoisotopic (exact) mass is 1300 g/mol. The Labute approximate surface area is 529 Å². The van der Waals surface area contributed by atoms with E-state index >= 15 is 0 Å². The molecule has 0 bridgehead atoms. The molecule has 15 unspecified atom stereocenters. The molecule has 0 aromatic heterocycles. The van der Waals surface area contributed by atoms with Crippen LogP contribution in [0.3, 0.4) is 0 Å². The van der Waals surface area contributed by atoms with Crippen molar-refractivity contribution in [3.63, 3.8) is 0 Å². The maximum absolute atomic E-state index is 13.0. The van der Waals surface area contributed by atoms with Gasteiger partial charge in [-0.05, 0) is 91.4 Å². The molecule has 0 aromatic rings. The van der Waals surface area contributed by atoms with Crippen molar-refractivity contribution in [2.24, 2.45) is 0 Å². The van der Waals surface area contributed by atoms with Gasteiger partial charge in [0, 0.05) is 104 Å². The van der Waals surface area contributed by atoms with Gasteiger partial charge in [0.15, 0.2) is 18.9 Å². The zero-order chi connectivity index (χ0) is 66.4. The summed E-state index contributed by atoms with van der Waals surface area (Å²) in [6, 6.07) is 0. The van der Waals surface area contributed by atoms with Crippen molar-refractivity contribution in [3.05, 3.63) is 0 Å². The Balaban J connectivity index is 1.37. The van der Waals surface area contributed by atoms with Crippen LogP contribution in [0, 0.1) is 0 Å². The zero-order valence-corrected chi connectivity index (χ0v) is 53.5. The number of hydrogen-bond acceptors (Lipinski definition) is 25. The number of hydrogen-bond donors (Lipinski definition) is 12. The molecular weight excluding hydrogens is 1190 g/mol. The van der Waals surface area contributed by atoms with Crippen LogP contribution in [0.25, 0.3) is 0 Å². The zero-order valence-electron chi connectivity index (χ0n) is 53.5. The van der Waals surface area contributed by atoms with Crippen LogP contribution in [-0.4, -0.2) is 257 Å². The maximum atomic E-state index is 13.0. The largest absolute Gasteiger partial charge is 0.388 e. The smallest absolute Gasteiger partial charge is 0.222 e. The van der Waals surface area contributed by atoms with E-state index in [1.807, 2.05) is 0 Å². The lowest BCUT2D eigenvalue weighted by Crippen LogP contribution is -2.58. The average Bonchev–Trinajstić information content (AvgIpc) is 2.43. The topological polar surface area (TPSA) is 421 Å². The Morgan fingerprint density at radius 1 is 0.344 bits per heavy atom. The highest BCUT2D eigenvalue weighted by Gasteiger charge is 2.44. The minimum atomic E-state index is -1.40. The van der Waals surface area contributed by atoms with Crippen molar-refractivity contribution in [2.75, 3.05) is 72.6 Å². The molecule has 3 aliphatic rings. The quantitative estimate of drug-likeness (QED) is 0.0365. The Hall–Kier alpha value is -3.63. The van der Waals surface area contributed by atoms with Gasteiger partial charge in [-0.3, -0.25) is 33.6 Å². The predicted octanol–water partition coefficient (Wildman–Crippen LogP) is 0.315. The lowest BCUT2D eigenvalue weighted by molar-refractivity contribution is -0.293. The molecule has 0 aliphatic carbocycles. The number of ether oxygens (including phenoxy) is 9. The molecule has 0 saturated carbocycles. The molecule has 3 fully saturated rings. The number of Topliss-reactive ketones (excluding diaryl/α,β-unsaturated/α-hetero) is 4. The number of nitrogens with one attached hydrogen (secondary N) is 3. The standard InChI is InChI=1S/C62H109N3O25/c1-5-47(70)65-62(37-82-34-26-45(68)21-10-6-8-19-43(66)23-12-15-31-85-59-56(79)53(76)50(73)40(2)88-59,38-83-35-27-46(69)22-11-7-9-20-44(67)24-13-16-32-86-60-57(80)54(77)51(74)41(3)89-60)39-84-36-28-49(72)64-30-18-29-63-48(71)25-14-17-33-87-61-58(81)55(78)52(75)42(4)90-61/h40-42,50-61,73-81H,5-39H2,1-4H3,(H,63,71)(H,64,72)(H,65,70). The fourth-order valence-corrected chi connectivity index (χ4v) is 10.1. The first-order valence-corrected chi connectivity index (χ1v) is 32.6. The molecule has 3 aliphatic heterocycles. The number of rotatable bonds is 51. The summed E-state index contributed by atoms with van der Waals surface area (Å²) in [5.74, 6) is -0.761. The van der Waals surface area contributed by atoms with E-state index in [9.17, 15) is 79.5 Å². The van der Waals surface area contributed by atoms with Gasteiger partial charge in [0.1, 0.15) is 83.6 Å². The average molecular weight is 1300 g/mol. The Bertz CT molecular complexity index is 1850. The van der Waals surface area contributed by atoms with Gasteiger partial charge in [-0.25, -0.2) is 0 Å². The van der Waals surface area contributed by atoms with E-state index in [0.717, 1.165) is 0 Å². The molecule has 28 nitrogen and oxygen atoms in total. The summed E-state index contributed by atoms with van der Waals surface area (Å²) < 4.78 is 50.8. The minimum Gasteiger partial charge on any atom is -0.388 e.